The van der Waals surface area contributed by atoms with E-state index in [0.717, 1.165) is 6.42 Å². The molecule has 7 heteroatoms. The Hall–Kier alpha value is -1.99. The lowest BCUT2D eigenvalue weighted by atomic mass is 10.2. The highest BCUT2D eigenvalue weighted by atomic mass is 19.1. The van der Waals surface area contributed by atoms with Crippen molar-refractivity contribution in [1.29, 1.82) is 0 Å². The van der Waals surface area contributed by atoms with Crippen LogP contribution < -0.4 is 5.32 Å². The fourth-order valence-corrected chi connectivity index (χ4v) is 3.06. The number of morpholine rings is 1. The molecule has 6 nitrogen and oxygen atoms in total. The van der Waals surface area contributed by atoms with Gasteiger partial charge >= 0.3 is 0 Å². The highest BCUT2D eigenvalue weighted by molar-refractivity contribution is 5.94. The molecule has 2 fully saturated rings. The van der Waals surface area contributed by atoms with Crippen molar-refractivity contribution in [3.8, 4) is 0 Å². The smallest absolute Gasteiger partial charge is 0.253 e. The molecule has 24 heavy (non-hydrogen) atoms. The van der Waals surface area contributed by atoms with Gasteiger partial charge in [0.2, 0.25) is 5.91 Å². The van der Waals surface area contributed by atoms with Gasteiger partial charge in [-0.2, -0.15) is 0 Å². The zero-order chi connectivity index (χ0) is 16.9. The van der Waals surface area contributed by atoms with Gasteiger partial charge < -0.3 is 19.9 Å². The molecule has 0 spiro atoms. The molecule has 2 heterocycles. The van der Waals surface area contributed by atoms with Gasteiger partial charge in [-0.3, -0.25) is 9.59 Å². The van der Waals surface area contributed by atoms with Crippen molar-refractivity contribution in [2.45, 2.75) is 12.5 Å². The van der Waals surface area contributed by atoms with E-state index in [1.807, 2.05) is 0 Å². The van der Waals surface area contributed by atoms with E-state index >= 15 is 0 Å². The van der Waals surface area contributed by atoms with Gasteiger partial charge in [0.15, 0.2) is 0 Å². The standard InChI is InChI=1S/C17H22FN3O3/c18-14-4-2-13(3-5-14)16(22)20-7-1-8-21(10-9-20)17(23)15-12-24-11-6-19-15/h2-5,15,19H,1,6-12H2. The van der Waals surface area contributed by atoms with Crippen LogP contribution in [0.5, 0.6) is 0 Å². The molecule has 2 amide bonds. The van der Waals surface area contributed by atoms with Crippen molar-refractivity contribution in [2.75, 3.05) is 45.9 Å². The monoisotopic (exact) mass is 335 g/mol. The van der Waals surface area contributed by atoms with E-state index in [2.05, 4.69) is 5.32 Å². The fraction of sp³-hybridized carbons (Fsp3) is 0.529. The number of rotatable bonds is 2. The third-order valence-corrected chi connectivity index (χ3v) is 4.41. The summed E-state index contributed by atoms with van der Waals surface area (Å²) >= 11 is 0. The van der Waals surface area contributed by atoms with Crippen molar-refractivity contribution in [2.24, 2.45) is 0 Å². The zero-order valence-corrected chi connectivity index (χ0v) is 13.5. The van der Waals surface area contributed by atoms with Crippen LogP contribution in [0, 0.1) is 5.82 Å². The molecule has 0 bridgehead atoms. The Morgan fingerprint density at radius 2 is 1.79 bits per heavy atom. The van der Waals surface area contributed by atoms with Crippen LogP contribution in [0.3, 0.4) is 0 Å². The van der Waals surface area contributed by atoms with E-state index in [-0.39, 0.29) is 23.7 Å². The van der Waals surface area contributed by atoms with E-state index in [1.165, 1.54) is 24.3 Å². The van der Waals surface area contributed by atoms with Gasteiger partial charge in [-0.15, -0.1) is 0 Å². The van der Waals surface area contributed by atoms with Crippen molar-refractivity contribution in [1.82, 2.24) is 15.1 Å². The molecule has 1 aromatic carbocycles. The van der Waals surface area contributed by atoms with Crippen LogP contribution in [0.4, 0.5) is 4.39 Å². The molecular weight excluding hydrogens is 313 g/mol. The molecule has 1 N–H and O–H groups in total. The topological polar surface area (TPSA) is 61.9 Å². The minimum atomic E-state index is -0.360. The molecule has 1 aromatic rings. The van der Waals surface area contributed by atoms with E-state index in [1.54, 1.807) is 9.80 Å². The van der Waals surface area contributed by atoms with Gasteiger partial charge in [0.05, 0.1) is 13.2 Å². The molecule has 0 radical (unpaired) electrons. The summed E-state index contributed by atoms with van der Waals surface area (Å²) in [6.45, 7) is 3.91. The van der Waals surface area contributed by atoms with E-state index in [4.69, 9.17) is 4.74 Å². The van der Waals surface area contributed by atoms with Gasteiger partial charge in [0.1, 0.15) is 11.9 Å². The van der Waals surface area contributed by atoms with Crippen molar-refractivity contribution in [3.05, 3.63) is 35.6 Å². The molecular formula is C17H22FN3O3. The maximum Gasteiger partial charge on any atom is 0.253 e. The molecule has 2 saturated heterocycles. The molecule has 0 saturated carbocycles. The van der Waals surface area contributed by atoms with Gasteiger partial charge in [-0.1, -0.05) is 0 Å². The molecule has 2 aliphatic rings. The molecule has 0 aromatic heterocycles. The second-order valence-electron chi connectivity index (χ2n) is 6.06. The predicted octanol–water partition coefficient (Wildman–Crippen LogP) is 0.489. The Morgan fingerprint density at radius 1 is 1.08 bits per heavy atom. The second kappa shape index (κ2) is 7.72. The van der Waals surface area contributed by atoms with Crippen LogP contribution in [0.15, 0.2) is 24.3 Å². The van der Waals surface area contributed by atoms with Crippen LogP contribution in [0.25, 0.3) is 0 Å². The Kier molecular flexibility index (Phi) is 5.42. The highest BCUT2D eigenvalue weighted by Gasteiger charge is 2.28. The number of carbonyl (C=O) groups is 2. The second-order valence-corrected chi connectivity index (χ2v) is 6.06. The number of hydrogen-bond acceptors (Lipinski definition) is 4. The Labute approximate surface area is 140 Å². The molecule has 0 aliphatic carbocycles. The largest absolute Gasteiger partial charge is 0.378 e. The summed E-state index contributed by atoms with van der Waals surface area (Å²) in [4.78, 5) is 28.6. The molecule has 130 valence electrons. The summed E-state index contributed by atoms with van der Waals surface area (Å²) in [6, 6.07) is 5.27. The summed E-state index contributed by atoms with van der Waals surface area (Å²) in [5, 5.41) is 3.17. The maximum absolute atomic E-state index is 13.0. The Balaban J connectivity index is 1.59. The maximum atomic E-state index is 13.0. The van der Waals surface area contributed by atoms with Gasteiger partial charge in [-0.05, 0) is 30.7 Å². The van der Waals surface area contributed by atoms with Crippen molar-refractivity contribution >= 4 is 11.8 Å². The third-order valence-electron chi connectivity index (χ3n) is 4.41. The first kappa shape index (κ1) is 16.9. The zero-order valence-electron chi connectivity index (χ0n) is 13.5. The third kappa shape index (κ3) is 3.91. The van der Waals surface area contributed by atoms with Crippen LogP contribution >= 0.6 is 0 Å². The lowest BCUT2D eigenvalue weighted by Crippen LogP contribution is -2.53. The molecule has 1 atom stereocenters. The Morgan fingerprint density at radius 3 is 2.50 bits per heavy atom. The normalized spacial score (nSPS) is 22.1. The van der Waals surface area contributed by atoms with Crippen LogP contribution in [0.1, 0.15) is 16.8 Å². The van der Waals surface area contributed by atoms with Crippen molar-refractivity contribution < 1.29 is 18.7 Å². The van der Waals surface area contributed by atoms with Crippen LogP contribution in [0.2, 0.25) is 0 Å². The lowest BCUT2D eigenvalue weighted by Gasteiger charge is -2.29. The quantitative estimate of drug-likeness (QED) is 0.854. The molecule has 2 aliphatic heterocycles. The summed E-state index contributed by atoms with van der Waals surface area (Å²) in [5.74, 6) is -0.449. The first-order chi connectivity index (χ1) is 11.6. The number of halogens is 1. The predicted molar refractivity (Wildman–Crippen MR) is 86.1 cm³/mol. The van der Waals surface area contributed by atoms with E-state index in [9.17, 15) is 14.0 Å². The number of benzene rings is 1. The van der Waals surface area contributed by atoms with Crippen LogP contribution in [-0.2, 0) is 9.53 Å². The van der Waals surface area contributed by atoms with Crippen molar-refractivity contribution in [3.63, 3.8) is 0 Å². The van der Waals surface area contributed by atoms with Crippen LogP contribution in [-0.4, -0.2) is 73.6 Å². The lowest BCUT2D eigenvalue weighted by molar-refractivity contribution is -0.136. The minimum Gasteiger partial charge on any atom is -0.378 e. The number of amides is 2. The summed E-state index contributed by atoms with van der Waals surface area (Å²) < 4.78 is 18.3. The molecule has 1 unspecified atom stereocenters. The average molecular weight is 335 g/mol. The average Bonchev–Trinajstić information content (AvgIpc) is 2.88. The number of carbonyl (C=O) groups excluding carboxylic acids is 2. The SMILES string of the molecule is O=C(c1ccc(F)cc1)N1CCCN(C(=O)C2COCCN2)CC1. The van der Waals surface area contributed by atoms with Gasteiger partial charge in [0.25, 0.3) is 5.91 Å². The first-order valence-corrected chi connectivity index (χ1v) is 8.30. The summed E-state index contributed by atoms with van der Waals surface area (Å²) in [6.07, 6.45) is 0.728. The van der Waals surface area contributed by atoms with E-state index < -0.39 is 0 Å². The molecule has 3 rings (SSSR count). The number of hydrogen-bond donors (Lipinski definition) is 1. The first-order valence-electron chi connectivity index (χ1n) is 8.30. The van der Waals surface area contributed by atoms with E-state index in [0.29, 0.717) is 51.5 Å². The summed E-state index contributed by atoms with van der Waals surface area (Å²) in [5.41, 5.74) is 0.471. The number of nitrogens with one attached hydrogen (secondary N) is 1. The van der Waals surface area contributed by atoms with Gasteiger partial charge in [-0.25, -0.2) is 4.39 Å². The number of nitrogens with zero attached hydrogens (tertiary/aromatic N) is 2. The minimum absolute atomic E-state index is 0.0331. The summed E-state index contributed by atoms with van der Waals surface area (Å²) in [7, 11) is 0. The number of ether oxygens (including phenoxy) is 1. The highest BCUT2D eigenvalue weighted by Crippen LogP contribution is 2.11. The Bertz CT molecular complexity index is 587. The van der Waals surface area contributed by atoms with Gasteiger partial charge in [0, 0.05) is 38.3 Å². The fourth-order valence-electron chi connectivity index (χ4n) is 3.06.